The molecule has 142 valence electrons. The number of carbonyl (C=O) groups is 2. The average Bonchev–Trinajstić information content (AvgIpc) is 3.31. The van der Waals surface area contributed by atoms with Crippen LogP contribution in [0.15, 0.2) is 41.8 Å². The SMILES string of the molecule is CN(C)c1ccc(C(=O)N2CCN(C(=O)C3CC3c3cccs3)CC2)cc1. The second-order valence-corrected chi connectivity index (χ2v) is 8.50. The van der Waals surface area contributed by atoms with Crippen LogP contribution in [0.5, 0.6) is 0 Å². The summed E-state index contributed by atoms with van der Waals surface area (Å²) < 4.78 is 0. The van der Waals surface area contributed by atoms with E-state index in [0.29, 0.717) is 37.7 Å². The van der Waals surface area contributed by atoms with E-state index in [1.165, 1.54) is 4.88 Å². The number of amides is 2. The Kier molecular flexibility index (Phi) is 4.91. The van der Waals surface area contributed by atoms with Crippen LogP contribution in [0, 0.1) is 5.92 Å². The van der Waals surface area contributed by atoms with E-state index in [2.05, 4.69) is 17.5 Å². The van der Waals surface area contributed by atoms with Gasteiger partial charge in [0, 0.05) is 68.2 Å². The summed E-state index contributed by atoms with van der Waals surface area (Å²) in [6.07, 6.45) is 0.969. The lowest BCUT2D eigenvalue weighted by Crippen LogP contribution is -2.51. The number of rotatable bonds is 4. The Hall–Kier alpha value is -2.34. The van der Waals surface area contributed by atoms with Gasteiger partial charge in [-0.05, 0) is 42.1 Å². The molecule has 1 aliphatic carbocycles. The summed E-state index contributed by atoms with van der Waals surface area (Å²) in [7, 11) is 3.96. The average molecular weight is 384 g/mol. The van der Waals surface area contributed by atoms with E-state index in [1.807, 2.05) is 53.1 Å². The van der Waals surface area contributed by atoms with Crippen LogP contribution in [0.3, 0.4) is 0 Å². The number of anilines is 1. The molecule has 6 heteroatoms. The molecular formula is C21H25N3O2S. The lowest BCUT2D eigenvalue weighted by molar-refractivity contribution is -0.134. The van der Waals surface area contributed by atoms with E-state index in [0.717, 1.165) is 12.1 Å². The van der Waals surface area contributed by atoms with Crippen molar-refractivity contribution in [2.24, 2.45) is 5.92 Å². The van der Waals surface area contributed by atoms with E-state index in [4.69, 9.17) is 0 Å². The van der Waals surface area contributed by atoms with Gasteiger partial charge in [-0.3, -0.25) is 9.59 Å². The lowest BCUT2D eigenvalue weighted by Gasteiger charge is -2.35. The fourth-order valence-corrected chi connectivity index (χ4v) is 4.64. The number of hydrogen-bond acceptors (Lipinski definition) is 4. The molecule has 2 amide bonds. The maximum Gasteiger partial charge on any atom is 0.253 e. The number of carbonyl (C=O) groups excluding carboxylic acids is 2. The third kappa shape index (κ3) is 3.72. The molecule has 2 heterocycles. The minimum Gasteiger partial charge on any atom is -0.378 e. The van der Waals surface area contributed by atoms with Gasteiger partial charge >= 0.3 is 0 Å². The number of benzene rings is 1. The standard InChI is InChI=1S/C21H25N3O2S/c1-22(2)16-7-5-15(6-8-16)20(25)23-9-11-24(12-10-23)21(26)18-14-17(18)19-4-3-13-27-19/h3-8,13,17-18H,9-12,14H2,1-2H3. The Morgan fingerprint density at radius 3 is 2.26 bits per heavy atom. The molecule has 0 radical (unpaired) electrons. The summed E-state index contributed by atoms with van der Waals surface area (Å²) in [4.78, 5) is 32.6. The van der Waals surface area contributed by atoms with Crippen LogP contribution in [-0.2, 0) is 4.79 Å². The highest BCUT2D eigenvalue weighted by atomic mass is 32.1. The first-order valence-electron chi connectivity index (χ1n) is 9.43. The molecule has 2 aromatic rings. The van der Waals surface area contributed by atoms with Gasteiger partial charge in [0.1, 0.15) is 0 Å². The molecule has 1 aromatic heterocycles. The second-order valence-electron chi connectivity index (χ2n) is 7.52. The van der Waals surface area contributed by atoms with Gasteiger partial charge in [0.25, 0.3) is 5.91 Å². The van der Waals surface area contributed by atoms with E-state index >= 15 is 0 Å². The summed E-state index contributed by atoms with van der Waals surface area (Å²) in [5, 5.41) is 2.07. The molecule has 27 heavy (non-hydrogen) atoms. The summed E-state index contributed by atoms with van der Waals surface area (Å²) >= 11 is 1.74. The molecule has 0 bridgehead atoms. The molecule has 2 fully saturated rings. The molecule has 1 saturated heterocycles. The summed E-state index contributed by atoms with van der Waals surface area (Å²) in [5.41, 5.74) is 1.78. The Bertz CT molecular complexity index is 808. The van der Waals surface area contributed by atoms with Gasteiger partial charge in [-0.2, -0.15) is 0 Å². The molecule has 1 aliphatic heterocycles. The molecule has 2 unspecified atom stereocenters. The summed E-state index contributed by atoms with van der Waals surface area (Å²) in [6, 6.07) is 11.9. The van der Waals surface area contributed by atoms with Gasteiger partial charge in [0.15, 0.2) is 0 Å². The Balaban J connectivity index is 1.31. The van der Waals surface area contributed by atoms with Gasteiger partial charge in [0.05, 0.1) is 0 Å². The summed E-state index contributed by atoms with van der Waals surface area (Å²) in [5.74, 6) is 0.864. The molecule has 1 saturated carbocycles. The maximum absolute atomic E-state index is 12.7. The second kappa shape index (κ2) is 7.35. The Morgan fingerprint density at radius 1 is 1.00 bits per heavy atom. The third-order valence-corrected chi connectivity index (χ3v) is 6.53. The van der Waals surface area contributed by atoms with Gasteiger partial charge in [-0.1, -0.05) is 6.07 Å². The molecule has 2 atom stereocenters. The minimum atomic E-state index is 0.0512. The van der Waals surface area contributed by atoms with Crippen molar-refractivity contribution in [1.82, 2.24) is 9.80 Å². The number of thiophene rings is 1. The first-order chi connectivity index (χ1) is 13.0. The van der Waals surface area contributed by atoms with E-state index in [9.17, 15) is 9.59 Å². The first kappa shape index (κ1) is 18.0. The van der Waals surface area contributed by atoms with Crippen molar-refractivity contribution in [3.8, 4) is 0 Å². The quantitative estimate of drug-likeness (QED) is 0.815. The Labute approximate surface area is 164 Å². The van der Waals surface area contributed by atoms with Crippen LogP contribution >= 0.6 is 11.3 Å². The van der Waals surface area contributed by atoms with Gasteiger partial charge < -0.3 is 14.7 Å². The van der Waals surface area contributed by atoms with Gasteiger partial charge in [-0.25, -0.2) is 0 Å². The Morgan fingerprint density at radius 2 is 1.67 bits per heavy atom. The lowest BCUT2D eigenvalue weighted by atomic mass is 10.1. The topological polar surface area (TPSA) is 43.9 Å². The highest BCUT2D eigenvalue weighted by Crippen LogP contribution is 2.50. The van der Waals surface area contributed by atoms with E-state index < -0.39 is 0 Å². The fraction of sp³-hybridized carbons (Fsp3) is 0.429. The zero-order valence-electron chi connectivity index (χ0n) is 15.8. The molecule has 2 aliphatic rings. The van der Waals surface area contributed by atoms with Crippen LogP contribution in [0.4, 0.5) is 5.69 Å². The molecular weight excluding hydrogens is 358 g/mol. The highest BCUT2D eigenvalue weighted by molar-refractivity contribution is 7.10. The van der Waals surface area contributed by atoms with Crippen LogP contribution in [0.1, 0.15) is 27.6 Å². The van der Waals surface area contributed by atoms with Crippen molar-refractivity contribution < 1.29 is 9.59 Å². The van der Waals surface area contributed by atoms with Crippen molar-refractivity contribution in [1.29, 1.82) is 0 Å². The predicted octanol–water partition coefficient (Wildman–Crippen LogP) is 2.90. The number of piperazine rings is 1. The molecule has 4 rings (SSSR count). The smallest absolute Gasteiger partial charge is 0.253 e. The van der Waals surface area contributed by atoms with Gasteiger partial charge in [-0.15, -0.1) is 11.3 Å². The predicted molar refractivity (Wildman–Crippen MR) is 108 cm³/mol. The van der Waals surface area contributed by atoms with Crippen molar-refractivity contribution in [3.05, 3.63) is 52.2 Å². The largest absolute Gasteiger partial charge is 0.378 e. The molecule has 0 spiro atoms. The van der Waals surface area contributed by atoms with Crippen molar-refractivity contribution >= 4 is 28.8 Å². The minimum absolute atomic E-state index is 0.0512. The van der Waals surface area contributed by atoms with Gasteiger partial charge in [0.2, 0.25) is 5.91 Å². The monoisotopic (exact) mass is 383 g/mol. The molecule has 5 nitrogen and oxygen atoms in total. The van der Waals surface area contributed by atoms with Crippen LogP contribution in [-0.4, -0.2) is 61.9 Å². The fourth-order valence-electron chi connectivity index (χ4n) is 3.73. The maximum atomic E-state index is 12.7. The zero-order valence-corrected chi connectivity index (χ0v) is 16.6. The summed E-state index contributed by atoms with van der Waals surface area (Å²) in [6.45, 7) is 2.48. The first-order valence-corrected chi connectivity index (χ1v) is 10.3. The number of nitrogens with zero attached hydrogens (tertiary/aromatic N) is 3. The number of hydrogen-bond donors (Lipinski definition) is 0. The van der Waals surface area contributed by atoms with Crippen molar-refractivity contribution in [2.45, 2.75) is 12.3 Å². The van der Waals surface area contributed by atoms with Crippen molar-refractivity contribution in [3.63, 3.8) is 0 Å². The molecule has 0 N–H and O–H groups in total. The zero-order chi connectivity index (χ0) is 19.0. The van der Waals surface area contributed by atoms with Crippen LogP contribution in [0.2, 0.25) is 0 Å². The highest BCUT2D eigenvalue weighted by Gasteiger charge is 2.46. The van der Waals surface area contributed by atoms with Crippen molar-refractivity contribution in [2.75, 3.05) is 45.2 Å². The molecule has 1 aromatic carbocycles. The third-order valence-electron chi connectivity index (χ3n) is 5.53. The van der Waals surface area contributed by atoms with E-state index in [1.54, 1.807) is 11.3 Å². The van der Waals surface area contributed by atoms with Crippen LogP contribution in [0.25, 0.3) is 0 Å². The van der Waals surface area contributed by atoms with Crippen LogP contribution < -0.4 is 4.90 Å². The normalized spacial score (nSPS) is 21.9. The van der Waals surface area contributed by atoms with E-state index in [-0.39, 0.29) is 17.7 Å².